The highest BCUT2D eigenvalue weighted by atomic mass is 32.1. The van der Waals surface area contributed by atoms with E-state index >= 15 is 0 Å². The van der Waals surface area contributed by atoms with Crippen molar-refractivity contribution in [2.24, 2.45) is 0 Å². The molecule has 1 aromatic carbocycles. The van der Waals surface area contributed by atoms with Gasteiger partial charge in [-0.25, -0.2) is 0 Å². The first kappa shape index (κ1) is 17.3. The Labute approximate surface area is 150 Å². The summed E-state index contributed by atoms with van der Waals surface area (Å²) in [5.74, 6) is 0.908. The quantitative estimate of drug-likeness (QED) is 0.859. The molecule has 3 rings (SSSR count). The Morgan fingerprint density at radius 2 is 1.84 bits per heavy atom. The molecule has 0 saturated heterocycles. The molecule has 132 valence electrons. The maximum Gasteiger partial charge on any atom is 0.261 e. The molecule has 2 unspecified atom stereocenters. The van der Waals surface area contributed by atoms with Gasteiger partial charge in [0, 0.05) is 0 Å². The van der Waals surface area contributed by atoms with Crippen molar-refractivity contribution in [2.45, 2.75) is 25.9 Å². The normalized spacial score (nSPS) is 15.1. The molecule has 2 N–H and O–H groups in total. The number of amides is 2. The van der Waals surface area contributed by atoms with Gasteiger partial charge in [-0.2, -0.15) is 0 Å². The van der Waals surface area contributed by atoms with E-state index in [1.54, 1.807) is 19.1 Å². The molecule has 0 bridgehead atoms. The average Bonchev–Trinajstić information content (AvgIpc) is 3.16. The Kier molecular flexibility index (Phi) is 5.23. The highest BCUT2D eigenvalue weighted by Crippen LogP contribution is 2.32. The standard InChI is InChI=1S/C18H20N2O4S/c1-11(13-5-6-14-15(10-13)24-8-7-23-14)19-17(21)12(2)20-18(22)16-4-3-9-25-16/h3-6,9-12H,7-8H2,1-2H3,(H,19,21)(H,20,22). The van der Waals surface area contributed by atoms with Gasteiger partial charge in [0.15, 0.2) is 11.5 Å². The lowest BCUT2D eigenvalue weighted by atomic mass is 10.1. The van der Waals surface area contributed by atoms with Gasteiger partial charge in [-0.3, -0.25) is 9.59 Å². The number of hydrogen-bond acceptors (Lipinski definition) is 5. The summed E-state index contributed by atoms with van der Waals surface area (Å²) in [5.41, 5.74) is 0.911. The summed E-state index contributed by atoms with van der Waals surface area (Å²) in [6.45, 7) is 4.61. The maximum absolute atomic E-state index is 12.3. The fourth-order valence-electron chi connectivity index (χ4n) is 2.49. The molecule has 2 heterocycles. The van der Waals surface area contributed by atoms with Gasteiger partial charge in [-0.1, -0.05) is 12.1 Å². The second-order valence-corrected chi connectivity index (χ2v) is 6.75. The van der Waals surface area contributed by atoms with Crippen molar-refractivity contribution in [3.8, 4) is 11.5 Å². The van der Waals surface area contributed by atoms with Crippen LogP contribution in [0.1, 0.15) is 35.1 Å². The summed E-state index contributed by atoms with van der Waals surface area (Å²) in [6.07, 6.45) is 0. The van der Waals surface area contributed by atoms with Crippen molar-refractivity contribution in [2.75, 3.05) is 13.2 Å². The lowest BCUT2D eigenvalue weighted by molar-refractivity contribution is -0.123. The molecule has 0 fully saturated rings. The third-order valence-electron chi connectivity index (χ3n) is 3.91. The zero-order chi connectivity index (χ0) is 17.8. The van der Waals surface area contributed by atoms with Gasteiger partial charge in [0.2, 0.25) is 5.91 Å². The summed E-state index contributed by atoms with van der Waals surface area (Å²) < 4.78 is 11.1. The predicted octanol–water partition coefficient (Wildman–Crippen LogP) is 2.52. The van der Waals surface area contributed by atoms with E-state index in [4.69, 9.17) is 9.47 Å². The minimum atomic E-state index is -0.630. The molecular formula is C18H20N2O4S. The minimum Gasteiger partial charge on any atom is -0.486 e. The highest BCUT2D eigenvalue weighted by molar-refractivity contribution is 7.12. The zero-order valence-electron chi connectivity index (χ0n) is 14.1. The van der Waals surface area contributed by atoms with Crippen LogP contribution in [0.3, 0.4) is 0 Å². The van der Waals surface area contributed by atoms with Crippen LogP contribution in [-0.2, 0) is 4.79 Å². The van der Waals surface area contributed by atoms with E-state index in [9.17, 15) is 9.59 Å². The maximum atomic E-state index is 12.3. The number of thiophene rings is 1. The molecule has 0 spiro atoms. The van der Waals surface area contributed by atoms with Crippen LogP contribution in [0.5, 0.6) is 11.5 Å². The largest absolute Gasteiger partial charge is 0.486 e. The van der Waals surface area contributed by atoms with Crippen molar-refractivity contribution in [1.29, 1.82) is 0 Å². The number of benzene rings is 1. The first-order valence-corrected chi connectivity index (χ1v) is 8.97. The van der Waals surface area contributed by atoms with Gasteiger partial charge >= 0.3 is 0 Å². The monoisotopic (exact) mass is 360 g/mol. The number of carbonyl (C=O) groups is 2. The van der Waals surface area contributed by atoms with Crippen molar-refractivity contribution in [3.63, 3.8) is 0 Å². The van der Waals surface area contributed by atoms with Crippen LogP contribution < -0.4 is 20.1 Å². The number of hydrogen-bond donors (Lipinski definition) is 2. The summed E-state index contributed by atoms with van der Waals surface area (Å²) >= 11 is 1.34. The SMILES string of the molecule is CC(NC(=O)c1cccs1)C(=O)NC(C)c1ccc2c(c1)OCCO2. The number of carbonyl (C=O) groups excluding carboxylic acids is 2. The topological polar surface area (TPSA) is 76.7 Å². The van der Waals surface area contributed by atoms with Crippen molar-refractivity contribution < 1.29 is 19.1 Å². The Balaban J connectivity index is 1.59. The van der Waals surface area contributed by atoms with Crippen LogP contribution in [-0.4, -0.2) is 31.1 Å². The molecule has 6 nitrogen and oxygen atoms in total. The van der Waals surface area contributed by atoms with E-state index in [1.165, 1.54) is 11.3 Å². The molecule has 2 aromatic rings. The van der Waals surface area contributed by atoms with Gasteiger partial charge in [0.05, 0.1) is 10.9 Å². The van der Waals surface area contributed by atoms with Gasteiger partial charge in [-0.05, 0) is 43.0 Å². The third-order valence-corrected chi connectivity index (χ3v) is 4.78. The molecule has 7 heteroatoms. The molecule has 1 aliphatic heterocycles. The van der Waals surface area contributed by atoms with Crippen LogP contribution in [0.4, 0.5) is 0 Å². The second-order valence-electron chi connectivity index (χ2n) is 5.81. The van der Waals surface area contributed by atoms with Crippen molar-refractivity contribution in [1.82, 2.24) is 10.6 Å². The van der Waals surface area contributed by atoms with E-state index in [0.717, 1.165) is 5.56 Å². The van der Waals surface area contributed by atoms with Crippen molar-refractivity contribution >= 4 is 23.2 Å². The molecule has 0 saturated carbocycles. The van der Waals surface area contributed by atoms with E-state index in [2.05, 4.69) is 10.6 Å². The van der Waals surface area contributed by atoms with E-state index in [-0.39, 0.29) is 17.9 Å². The average molecular weight is 360 g/mol. The van der Waals surface area contributed by atoms with Crippen LogP contribution in [0.15, 0.2) is 35.7 Å². The molecule has 0 radical (unpaired) electrons. The highest BCUT2D eigenvalue weighted by Gasteiger charge is 2.20. The predicted molar refractivity (Wildman–Crippen MR) is 95.2 cm³/mol. The minimum absolute atomic E-state index is 0.218. The smallest absolute Gasteiger partial charge is 0.261 e. The zero-order valence-corrected chi connectivity index (χ0v) is 14.9. The first-order chi connectivity index (χ1) is 12.0. The Morgan fingerprint density at radius 1 is 1.08 bits per heavy atom. The van der Waals surface area contributed by atoms with Gasteiger partial charge in [0.1, 0.15) is 19.3 Å². The Morgan fingerprint density at radius 3 is 2.56 bits per heavy atom. The van der Waals surface area contributed by atoms with E-state index in [0.29, 0.717) is 29.6 Å². The molecule has 2 amide bonds. The van der Waals surface area contributed by atoms with Gasteiger partial charge in [-0.15, -0.1) is 11.3 Å². The molecular weight excluding hydrogens is 340 g/mol. The van der Waals surface area contributed by atoms with Crippen molar-refractivity contribution in [3.05, 3.63) is 46.2 Å². The number of rotatable bonds is 5. The first-order valence-electron chi connectivity index (χ1n) is 8.09. The number of ether oxygens (including phenoxy) is 2. The molecule has 1 aromatic heterocycles. The summed E-state index contributed by atoms with van der Waals surface area (Å²) in [5, 5.41) is 7.43. The molecule has 2 atom stereocenters. The van der Waals surface area contributed by atoms with Crippen LogP contribution >= 0.6 is 11.3 Å². The fourth-order valence-corrected chi connectivity index (χ4v) is 3.12. The lowest BCUT2D eigenvalue weighted by Crippen LogP contribution is -2.45. The molecule has 1 aliphatic rings. The lowest BCUT2D eigenvalue weighted by Gasteiger charge is -2.22. The summed E-state index contributed by atoms with van der Waals surface area (Å²) in [7, 11) is 0. The Bertz CT molecular complexity index is 760. The summed E-state index contributed by atoms with van der Waals surface area (Å²) in [4.78, 5) is 25.0. The van der Waals surface area contributed by atoms with E-state index in [1.807, 2.05) is 30.5 Å². The number of fused-ring (bicyclic) bond motifs is 1. The van der Waals surface area contributed by atoms with Crippen LogP contribution in [0.2, 0.25) is 0 Å². The van der Waals surface area contributed by atoms with Gasteiger partial charge in [0.25, 0.3) is 5.91 Å². The summed E-state index contributed by atoms with van der Waals surface area (Å²) in [6, 6.07) is 8.28. The molecule has 25 heavy (non-hydrogen) atoms. The third kappa shape index (κ3) is 4.11. The van der Waals surface area contributed by atoms with E-state index < -0.39 is 6.04 Å². The van der Waals surface area contributed by atoms with Gasteiger partial charge < -0.3 is 20.1 Å². The second kappa shape index (κ2) is 7.57. The fraction of sp³-hybridized carbons (Fsp3) is 0.333. The molecule has 0 aliphatic carbocycles. The van der Waals surface area contributed by atoms with Crippen LogP contribution in [0.25, 0.3) is 0 Å². The van der Waals surface area contributed by atoms with Crippen LogP contribution in [0, 0.1) is 0 Å². The number of nitrogens with one attached hydrogen (secondary N) is 2. The Hall–Kier alpha value is -2.54.